The highest BCUT2D eigenvalue weighted by atomic mass is 16.4. The molecule has 2 nitrogen and oxygen atoms in total. The molecular formula is C17H32O2. The molecular weight excluding hydrogens is 236 g/mol. The predicted molar refractivity (Wildman–Crippen MR) is 82.4 cm³/mol. The average molecular weight is 268 g/mol. The molecule has 0 aliphatic heterocycles. The molecule has 2 heteroatoms. The van der Waals surface area contributed by atoms with Crippen molar-refractivity contribution < 1.29 is 9.90 Å². The lowest BCUT2D eigenvalue weighted by Crippen LogP contribution is -1.95. The maximum absolute atomic E-state index is 10.6. The van der Waals surface area contributed by atoms with Crippen molar-refractivity contribution in [1.29, 1.82) is 0 Å². The molecule has 0 saturated heterocycles. The summed E-state index contributed by atoms with van der Waals surface area (Å²) in [4.78, 5) is 10.6. The first kappa shape index (κ1) is 18.2. The second kappa shape index (κ2) is 12.3. The number of carboxylic acid groups (broad SMARTS) is 1. The Kier molecular flexibility index (Phi) is 11.7. The molecule has 112 valence electrons. The molecule has 0 fully saturated rings. The van der Waals surface area contributed by atoms with Crippen molar-refractivity contribution in [3.63, 3.8) is 0 Å². The van der Waals surface area contributed by atoms with Crippen molar-refractivity contribution >= 4 is 5.97 Å². The van der Waals surface area contributed by atoms with E-state index in [1.165, 1.54) is 51.4 Å². The van der Waals surface area contributed by atoms with Crippen LogP contribution in [0.25, 0.3) is 0 Å². The Morgan fingerprint density at radius 3 is 1.89 bits per heavy atom. The van der Waals surface area contributed by atoms with Crippen LogP contribution in [0.2, 0.25) is 0 Å². The summed E-state index contributed by atoms with van der Waals surface area (Å²) < 4.78 is 0. The molecule has 0 rings (SSSR count). The van der Waals surface area contributed by atoms with E-state index in [-0.39, 0.29) is 0 Å². The third kappa shape index (κ3) is 13.4. The molecule has 19 heavy (non-hydrogen) atoms. The van der Waals surface area contributed by atoms with E-state index < -0.39 is 5.97 Å². The van der Waals surface area contributed by atoms with Crippen LogP contribution in [0.3, 0.4) is 0 Å². The maximum atomic E-state index is 10.6. The van der Waals surface area contributed by atoms with E-state index in [2.05, 4.69) is 13.8 Å². The van der Waals surface area contributed by atoms with Gasteiger partial charge in [-0.15, -0.1) is 0 Å². The first-order chi connectivity index (χ1) is 9.04. The number of hydrogen-bond donors (Lipinski definition) is 1. The smallest absolute Gasteiger partial charge is 0.330 e. The molecule has 0 unspecified atom stereocenters. The summed E-state index contributed by atoms with van der Waals surface area (Å²) in [7, 11) is 0. The lowest BCUT2D eigenvalue weighted by molar-refractivity contribution is -0.132. The molecule has 1 N–H and O–H groups in total. The van der Waals surface area contributed by atoms with Gasteiger partial charge in [-0.1, -0.05) is 71.3 Å². The van der Waals surface area contributed by atoms with Gasteiger partial charge in [0.1, 0.15) is 0 Å². The molecule has 0 aromatic heterocycles. The third-order valence-corrected chi connectivity index (χ3v) is 3.52. The zero-order chi connectivity index (χ0) is 14.5. The van der Waals surface area contributed by atoms with E-state index >= 15 is 0 Å². The van der Waals surface area contributed by atoms with Crippen LogP contribution in [-0.4, -0.2) is 11.1 Å². The van der Waals surface area contributed by atoms with Gasteiger partial charge in [-0.05, 0) is 25.7 Å². The molecule has 0 aromatic carbocycles. The zero-order valence-corrected chi connectivity index (χ0v) is 13.1. The lowest BCUT2D eigenvalue weighted by Gasteiger charge is -2.04. The van der Waals surface area contributed by atoms with Crippen LogP contribution in [0.5, 0.6) is 0 Å². The fourth-order valence-electron chi connectivity index (χ4n) is 2.16. The standard InChI is InChI=1S/C17H32O2/c1-15(2)13-11-9-7-5-4-6-8-10-12-14-16(3)17(18)19/h14-15H,4-13H2,1-3H3,(H,18,19). The van der Waals surface area contributed by atoms with Crippen molar-refractivity contribution in [3.05, 3.63) is 11.6 Å². The summed E-state index contributed by atoms with van der Waals surface area (Å²) in [6, 6.07) is 0. The number of carboxylic acids is 1. The third-order valence-electron chi connectivity index (χ3n) is 3.52. The summed E-state index contributed by atoms with van der Waals surface area (Å²) in [5.74, 6) is 0.0590. The monoisotopic (exact) mass is 268 g/mol. The molecule has 0 atom stereocenters. The fourth-order valence-corrected chi connectivity index (χ4v) is 2.16. The summed E-state index contributed by atoms with van der Waals surface area (Å²) >= 11 is 0. The molecule has 0 amide bonds. The predicted octanol–water partition coefficient (Wildman–Crippen LogP) is 5.57. The normalized spacial score (nSPS) is 12.1. The Hall–Kier alpha value is -0.790. The summed E-state index contributed by atoms with van der Waals surface area (Å²) in [6.45, 7) is 6.25. The Morgan fingerprint density at radius 2 is 1.42 bits per heavy atom. The van der Waals surface area contributed by atoms with Crippen molar-refractivity contribution in [2.24, 2.45) is 5.92 Å². The number of carbonyl (C=O) groups is 1. The van der Waals surface area contributed by atoms with Gasteiger partial charge in [-0.3, -0.25) is 0 Å². The number of rotatable bonds is 12. The molecule has 0 aromatic rings. The number of hydrogen-bond acceptors (Lipinski definition) is 1. The van der Waals surface area contributed by atoms with Gasteiger partial charge < -0.3 is 5.11 Å². The highest BCUT2D eigenvalue weighted by Gasteiger charge is 1.98. The second-order valence-electron chi connectivity index (χ2n) is 5.99. The highest BCUT2D eigenvalue weighted by molar-refractivity contribution is 5.85. The summed E-state index contributed by atoms with van der Waals surface area (Å²) in [5.41, 5.74) is 0.477. The topological polar surface area (TPSA) is 37.3 Å². The molecule has 0 radical (unpaired) electrons. The second-order valence-corrected chi connectivity index (χ2v) is 5.99. The summed E-state index contributed by atoms with van der Waals surface area (Å²) in [5, 5.41) is 8.69. The van der Waals surface area contributed by atoms with Crippen LogP contribution in [0.4, 0.5) is 0 Å². The fraction of sp³-hybridized carbons (Fsp3) is 0.824. The minimum absolute atomic E-state index is 0.477. The first-order valence-electron chi connectivity index (χ1n) is 7.94. The van der Waals surface area contributed by atoms with Crippen molar-refractivity contribution in [1.82, 2.24) is 0 Å². The molecule has 0 spiro atoms. The van der Waals surface area contributed by atoms with E-state index in [1.54, 1.807) is 6.92 Å². The van der Waals surface area contributed by atoms with Crippen LogP contribution < -0.4 is 0 Å². The van der Waals surface area contributed by atoms with Crippen molar-refractivity contribution in [2.45, 2.75) is 85.0 Å². The van der Waals surface area contributed by atoms with Gasteiger partial charge in [-0.2, -0.15) is 0 Å². The molecule has 0 heterocycles. The van der Waals surface area contributed by atoms with Gasteiger partial charge in [0.05, 0.1) is 0 Å². The minimum atomic E-state index is -0.790. The molecule has 0 bridgehead atoms. The van der Waals surface area contributed by atoms with Gasteiger partial charge in [0.15, 0.2) is 0 Å². The van der Waals surface area contributed by atoms with Gasteiger partial charge in [0.25, 0.3) is 0 Å². The first-order valence-corrected chi connectivity index (χ1v) is 7.94. The maximum Gasteiger partial charge on any atom is 0.330 e. The van der Waals surface area contributed by atoms with E-state index in [4.69, 9.17) is 5.11 Å². The van der Waals surface area contributed by atoms with Crippen molar-refractivity contribution in [2.75, 3.05) is 0 Å². The Labute approximate surface area is 119 Å². The van der Waals surface area contributed by atoms with Gasteiger partial charge >= 0.3 is 5.97 Å². The van der Waals surface area contributed by atoms with Crippen molar-refractivity contribution in [3.8, 4) is 0 Å². The average Bonchev–Trinajstić information content (AvgIpc) is 2.35. The van der Waals surface area contributed by atoms with E-state index in [9.17, 15) is 4.79 Å². The molecule has 0 saturated carbocycles. The van der Waals surface area contributed by atoms with E-state index in [0.717, 1.165) is 18.8 Å². The summed E-state index contributed by atoms with van der Waals surface area (Å²) in [6.07, 6.45) is 14.6. The van der Waals surface area contributed by atoms with Gasteiger partial charge in [0.2, 0.25) is 0 Å². The van der Waals surface area contributed by atoms with Gasteiger partial charge in [-0.25, -0.2) is 4.79 Å². The highest BCUT2D eigenvalue weighted by Crippen LogP contribution is 2.13. The number of aliphatic carboxylic acids is 1. The van der Waals surface area contributed by atoms with Crippen LogP contribution in [0.1, 0.15) is 85.0 Å². The van der Waals surface area contributed by atoms with E-state index in [0.29, 0.717) is 5.57 Å². The lowest BCUT2D eigenvalue weighted by atomic mass is 10.0. The van der Waals surface area contributed by atoms with Crippen LogP contribution in [0, 0.1) is 5.92 Å². The van der Waals surface area contributed by atoms with Crippen LogP contribution in [-0.2, 0) is 4.79 Å². The quantitative estimate of drug-likeness (QED) is 0.371. The van der Waals surface area contributed by atoms with Crippen LogP contribution >= 0.6 is 0 Å². The number of allylic oxidation sites excluding steroid dienone is 1. The Balaban J connectivity index is 3.19. The Morgan fingerprint density at radius 1 is 0.947 bits per heavy atom. The van der Waals surface area contributed by atoms with Crippen LogP contribution in [0.15, 0.2) is 11.6 Å². The van der Waals surface area contributed by atoms with E-state index in [1.807, 2.05) is 6.08 Å². The number of unbranched alkanes of at least 4 members (excludes halogenated alkanes) is 8. The zero-order valence-electron chi connectivity index (χ0n) is 13.1. The largest absolute Gasteiger partial charge is 0.478 e. The molecule has 0 aliphatic carbocycles. The minimum Gasteiger partial charge on any atom is -0.478 e. The van der Waals surface area contributed by atoms with Gasteiger partial charge in [0, 0.05) is 5.57 Å². The molecule has 0 aliphatic rings. The Bertz CT molecular complexity index is 254. The SMILES string of the molecule is CC(=CCCCCCCCCCCC(C)C)C(=O)O.